The van der Waals surface area contributed by atoms with Crippen LogP contribution in [0.1, 0.15) is 53.3 Å². The molecular weight excluding hydrogens is 639 g/mol. The summed E-state index contributed by atoms with van der Waals surface area (Å²) in [7, 11) is 6.31. The molecule has 6 aromatic rings. The highest BCUT2D eigenvalue weighted by molar-refractivity contribution is 7.21. The zero-order valence-electron chi connectivity index (χ0n) is 25.7. The summed E-state index contributed by atoms with van der Waals surface area (Å²) in [6.45, 7) is 1.95. The lowest BCUT2D eigenvalue weighted by molar-refractivity contribution is 0.0597. The summed E-state index contributed by atoms with van der Waals surface area (Å²) < 4.78 is 14.8. The number of aryl methyl sites for hydroxylation is 3. The molecule has 4 N–H and O–H groups in total. The summed E-state index contributed by atoms with van der Waals surface area (Å²) in [5.74, 6) is -1.12. The van der Waals surface area contributed by atoms with E-state index in [1.54, 1.807) is 46.6 Å². The average molecular weight is 674 g/mol. The van der Waals surface area contributed by atoms with Crippen molar-refractivity contribution in [3.8, 4) is 0 Å². The highest BCUT2D eigenvalue weighted by Crippen LogP contribution is 2.30. The van der Waals surface area contributed by atoms with Crippen molar-refractivity contribution in [2.24, 2.45) is 14.1 Å². The van der Waals surface area contributed by atoms with Crippen molar-refractivity contribution in [1.29, 1.82) is 0 Å². The molecule has 0 bridgehead atoms. The number of nitrogens with two attached hydrogens (primary N) is 1. The van der Waals surface area contributed by atoms with Crippen molar-refractivity contribution in [2.45, 2.75) is 14.4 Å². The summed E-state index contributed by atoms with van der Waals surface area (Å²) in [5.41, 5.74) is 9.67. The molecule has 0 fully saturated rings. The normalized spacial score (nSPS) is 10.5. The highest BCUT2D eigenvalue weighted by Gasteiger charge is 2.15. The molecule has 13 heteroatoms. The lowest BCUT2D eigenvalue weighted by atomic mass is 10.2. The number of ether oxygens (including phenoxy) is 2. The number of carbonyl (C=O) groups excluding carboxylic acids is 4. The summed E-state index contributed by atoms with van der Waals surface area (Å²) in [6, 6.07) is 18.0. The van der Waals surface area contributed by atoms with Crippen LogP contribution in [0.5, 0.6) is 0 Å². The van der Waals surface area contributed by atoms with Crippen LogP contribution in [0.25, 0.3) is 20.2 Å². The zero-order chi connectivity index (χ0) is 33.1. The number of rotatable bonds is 6. The molecule has 11 nitrogen and oxygen atoms in total. The number of benzene rings is 2. The Morgan fingerprint density at radius 1 is 0.681 bits per heavy atom. The second-order valence-corrected chi connectivity index (χ2v) is 12.6. The van der Waals surface area contributed by atoms with Gasteiger partial charge in [0.1, 0.15) is 21.1 Å². The monoisotopic (exact) mass is 673 g/mol. The van der Waals surface area contributed by atoms with Crippen molar-refractivity contribution < 1.29 is 28.7 Å². The fourth-order valence-electron chi connectivity index (χ4n) is 4.81. The number of thiophene rings is 2. The van der Waals surface area contributed by atoms with Crippen LogP contribution in [0.4, 0.5) is 17.1 Å². The molecule has 4 aromatic heterocycles. The second kappa shape index (κ2) is 14.4. The molecule has 0 saturated heterocycles. The zero-order valence-corrected chi connectivity index (χ0v) is 27.3. The predicted octanol–water partition coefficient (Wildman–Crippen LogP) is 7.08. The number of hydrogen-bond donors (Lipinski definition) is 3. The Morgan fingerprint density at radius 2 is 1.13 bits per heavy atom. The number of carbonyl (C=O) groups is 4. The molecule has 0 saturated carbocycles. The van der Waals surface area contributed by atoms with Gasteiger partial charge < -0.3 is 35.0 Å². The Hall–Kier alpha value is -5.40. The van der Waals surface area contributed by atoms with Crippen molar-refractivity contribution in [2.75, 3.05) is 30.6 Å². The first-order valence-corrected chi connectivity index (χ1v) is 15.5. The molecule has 47 heavy (non-hydrogen) atoms. The van der Waals surface area contributed by atoms with E-state index in [0.29, 0.717) is 38.2 Å². The number of anilines is 3. The topological polar surface area (TPSA) is 147 Å². The maximum Gasteiger partial charge on any atom is 0.348 e. The van der Waals surface area contributed by atoms with Crippen LogP contribution in [0.2, 0.25) is 0 Å². The van der Waals surface area contributed by atoms with Gasteiger partial charge in [-0.1, -0.05) is 7.43 Å². The Morgan fingerprint density at radius 3 is 1.51 bits per heavy atom. The molecule has 6 rings (SSSR count). The van der Waals surface area contributed by atoms with E-state index in [0.717, 1.165) is 25.7 Å². The van der Waals surface area contributed by atoms with Crippen LogP contribution in [0.15, 0.2) is 73.1 Å². The first-order valence-electron chi connectivity index (χ1n) is 13.9. The molecule has 2 amide bonds. The summed E-state index contributed by atoms with van der Waals surface area (Å²) >= 11 is 2.72. The molecule has 0 aliphatic heterocycles. The van der Waals surface area contributed by atoms with E-state index in [4.69, 9.17) is 15.2 Å². The van der Waals surface area contributed by atoms with Gasteiger partial charge in [0, 0.05) is 47.3 Å². The summed E-state index contributed by atoms with van der Waals surface area (Å²) in [4.78, 5) is 48.9. The lowest BCUT2D eigenvalue weighted by Crippen LogP contribution is -2.15. The number of methoxy groups -OCH3 is 2. The minimum atomic E-state index is -0.365. The standard InChI is InChI=1S/C17H16N2O3S.C16H15N3O3S.CH4/c1-10-6-13(19(2)9-10)16(20)18-12-4-5-14-11(7-12)8-15(23-14)17(21)22-3;1-19-8-10(17)7-12(19)15(20)18-11-3-4-13-9(5-11)6-14(23-13)16(21)22-2;/h4-9H,1-3H3,(H,18,20);3-8H,17H2,1-2H3,(H,18,20);1H4. The molecule has 0 aliphatic carbocycles. The number of hydrogen-bond acceptors (Lipinski definition) is 9. The smallest absolute Gasteiger partial charge is 0.348 e. The molecule has 0 radical (unpaired) electrons. The predicted molar refractivity (Wildman–Crippen MR) is 189 cm³/mol. The number of nitrogens with one attached hydrogen (secondary N) is 2. The largest absolute Gasteiger partial charge is 0.465 e. The molecular formula is C34H35N5O6S2. The van der Waals surface area contributed by atoms with Crippen LogP contribution in [0, 0.1) is 6.92 Å². The average Bonchev–Trinajstić information content (AvgIpc) is 3.80. The van der Waals surface area contributed by atoms with Crippen molar-refractivity contribution in [1.82, 2.24) is 9.13 Å². The van der Waals surface area contributed by atoms with Crippen LogP contribution >= 0.6 is 22.7 Å². The molecule has 0 spiro atoms. The minimum absolute atomic E-state index is 0. The number of aromatic nitrogens is 2. The quantitative estimate of drug-likeness (QED) is 0.160. The van der Waals surface area contributed by atoms with Gasteiger partial charge in [-0.2, -0.15) is 0 Å². The fraction of sp³-hybridized carbons (Fsp3) is 0.176. The van der Waals surface area contributed by atoms with E-state index in [1.807, 2.05) is 56.6 Å². The number of esters is 2. The van der Waals surface area contributed by atoms with Gasteiger partial charge in [-0.3, -0.25) is 9.59 Å². The van der Waals surface area contributed by atoms with Gasteiger partial charge in [0.2, 0.25) is 0 Å². The van der Waals surface area contributed by atoms with Gasteiger partial charge in [-0.15, -0.1) is 22.7 Å². The van der Waals surface area contributed by atoms with Crippen molar-refractivity contribution in [3.63, 3.8) is 0 Å². The lowest BCUT2D eigenvalue weighted by Gasteiger charge is -2.06. The first-order chi connectivity index (χ1) is 21.9. The summed E-state index contributed by atoms with van der Waals surface area (Å²) in [6.07, 6.45) is 3.58. The van der Waals surface area contributed by atoms with Gasteiger partial charge >= 0.3 is 11.9 Å². The molecule has 0 atom stereocenters. The SMILES string of the molecule is C.COC(=O)c1cc2cc(NC(=O)c3cc(C)cn3C)ccc2s1.COC(=O)c1cc2cc(NC(=O)c3cc(N)cn3C)ccc2s1. The van der Waals surface area contributed by atoms with Crippen LogP contribution < -0.4 is 16.4 Å². The van der Waals surface area contributed by atoms with Gasteiger partial charge in [0.15, 0.2) is 0 Å². The maximum atomic E-state index is 12.3. The van der Waals surface area contributed by atoms with Gasteiger partial charge in [-0.25, -0.2) is 9.59 Å². The van der Waals surface area contributed by atoms with E-state index < -0.39 is 0 Å². The molecule has 244 valence electrons. The van der Waals surface area contributed by atoms with E-state index in [2.05, 4.69) is 10.6 Å². The molecule has 4 heterocycles. The minimum Gasteiger partial charge on any atom is -0.465 e. The second-order valence-electron chi connectivity index (χ2n) is 10.4. The fourth-order valence-corrected chi connectivity index (χ4v) is 6.73. The third kappa shape index (κ3) is 7.71. The summed E-state index contributed by atoms with van der Waals surface area (Å²) in [5, 5.41) is 7.49. The first kappa shape index (κ1) is 34.5. The molecule has 0 unspecified atom stereocenters. The number of fused-ring (bicyclic) bond motifs is 2. The Balaban J connectivity index is 0.000000208. The van der Waals surface area contributed by atoms with E-state index in [1.165, 1.54) is 36.9 Å². The maximum absolute atomic E-state index is 12.3. The van der Waals surface area contributed by atoms with E-state index in [9.17, 15) is 19.2 Å². The van der Waals surface area contributed by atoms with Gasteiger partial charge in [-0.05, 0) is 83.9 Å². The molecule has 2 aromatic carbocycles. The Kier molecular flexibility index (Phi) is 10.5. The number of nitrogens with zero attached hydrogens (tertiary/aromatic N) is 2. The number of amides is 2. The third-order valence-electron chi connectivity index (χ3n) is 6.95. The third-order valence-corrected chi connectivity index (χ3v) is 9.15. The van der Waals surface area contributed by atoms with Crippen molar-refractivity contribution >= 4 is 83.7 Å². The van der Waals surface area contributed by atoms with Gasteiger partial charge in [0.25, 0.3) is 11.8 Å². The molecule has 0 aliphatic rings. The highest BCUT2D eigenvalue weighted by atomic mass is 32.1. The van der Waals surface area contributed by atoms with E-state index in [-0.39, 0.29) is 31.2 Å². The Bertz CT molecular complexity index is 1970. The van der Waals surface area contributed by atoms with Gasteiger partial charge in [0.05, 0.1) is 19.9 Å². The van der Waals surface area contributed by atoms with Crippen LogP contribution in [-0.2, 0) is 23.6 Å². The van der Waals surface area contributed by atoms with E-state index >= 15 is 0 Å². The number of nitrogen functional groups attached to an aromatic ring is 1. The van der Waals surface area contributed by atoms with Crippen molar-refractivity contribution in [3.05, 3.63) is 99.8 Å². The van der Waals surface area contributed by atoms with Crippen LogP contribution in [0.3, 0.4) is 0 Å². The Labute approximate surface area is 279 Å². The van der Waals surface area contributed by atoms with Crippen LogP contribution in [-0.4, -0.2) is 47.1 Å².